The van der Waals surface area contributed by atoms with Gasteiger partial charge in [0, 0.05) is 17.8 Å². The third-order valence-corrected chi connectivity index (χ3v) is 2.63. The summed E-state index contributed by atoms with van der Waals surface area (Å²) in [5.41, 5.74) is 6.79. The third-order valence-electron chi connectivity index (χ3n) is 1.70. The van der Waals surface area contributed by atoms with Crippen molar-refractivity contribution in [3.8, 4) is 12.3 Å². The predicted molar refractivity (Wildman–Crippen MR) is 57.0 cm³/mol. The number of hydrogen-bond donors (Lipinski definition) is 2. The summed E-state index contributed by atoms with van der Waals surface area (Å²) in [6.45, 7) is 2.15. The van der Waals surface area contributed by atoms with Crippen molar-refractivity contribution in [2.24, 2.45) is 5.73 Å². The molecular weight excluding hydrogens is 198 g/mol. The number of aromatic nitrogens is 2. The monoisotopic (exact) mass is 209 g/mol. The minimum Gasteiger partial charge on any atom is -0.326 e. The van der Waals surface area contributed by atoms with E-state index in [1.165, 1.54) is 11.8 Å². The van der Waals surface area contributed by atoms with E-state index >= 15 is 0 Å². The Balaban J connectivity index is 3.13. The molecule has 0 unspecified atom stereocenters. The van der Waals surface area contributed by atoms with Crippen LogP contribution >= 0.6 is 11.8 Å². The molecule has 5 heteroatoms. The molecule has 0 bridgehead atoms. The summed E-state index contributed by atoms with van der Waals surface area (Å²) >= 11 is 1.35. The Hall–Kier alpha value is -1.25. The van der Waals surface area contributed by atoms with Crippen LogP contribution < -0.4 is 11.4 Å². The topological polar surface area (TPSA) is 71.8 Å². The van der Waals surface area contributed by atoms with Gasteiger partial charge in [-0.25, -0.2) is 4.79 Å². The van der Waals surface area contributed by atoms with Crippen LogP contribution in [0.25, 0.3) is 0 Å². The second kappa shape index (κ2) is 4.84. The Morgan fingerprint density at radius 2 is 2.43 bits per heavy atom. The molecule has 0 aliphatic rings. The third kappa shape index (κ3) is 2.37. The number of thioether (sulfide) groups is 1. The van der Waals surface area contributed by atoms with Gasteiger partial charge in [-0.05, 0) is 6.92 Å². The van der Waals surface area contributed by atoms with Gasteiger partial charge in [0.2, 0.25) is 0 Å². The summed E-state index contributed by atoms with van der Waals surface area (Å²) in [5, 5.41) is 0.631. The lowest BCUT2D eigenvalue weighted by Crippen LogP contribution is -2.17. The van der Waals surface area contributed by atoms with E-state index < -0.39 is 0 Å². The number of aryl methyl sites for hydroxylation is 1. The minimum atomic E-state index is -0.362. The first-order valence-electron chi connectivity index (χ1n) is 4.05. The molecule has 1 aromatic heterocycles. The molecule has 1 rings (SSSR count). The fraction of sp³-hybridized carbons (Fsp3) is 0.333. The number of nitrogens with two attached hydrogens (primary N) is 1. The normalized spacial score (nSPS) is 9.79. The standard InChI is InChI=1S/C9H11N3OS/c1-3-4-14-8-7(5-10)6(2)11-9(13)12-8/h1H,4-5,10H2,2H3,(H,11,12,13). The number of H-pyrrole nitrogens is 1. The molecule has 0 spiro atoms. The van der Waals surface area contributed by atoms with E-state index in [9.17, 15) is 4.79 Å². The molecular formula is C9H11N3OS. The Morgan fingerprint density at radius 3 is 3.00 bits per heavy atom. The van der Waals surface area contributed by atoms with Crippen molar-refractivity contribution in [1.29, 1.82) is 0 Å². The highest BCUT2D eigenvalue weighted by atomic mass is 32.2. The lowest BCUT2D eigenvalue weighted by molar-refractivity contribution is 0.859. The molecule has 0 aromatic carbocycles. The van der Waals surface area contributed by atoms with E-state index in [1.807, 2.05) is 0 Å². The quantitative estimate of drug-likeness (QED) is 0.425. The van der Waals surface area contributed by atoms with Crippen molar-refractivity contribution in [3.63, 3.8) is 0 Å². The fourth-order valence-corrected chi connectivity index (χ4v) is 1.83. The molecule has 0 fully saturated rings. The van der Waals surface area contributed by atoms with Crippen molar-refractivity contribution < 1.29 is 0 Å². The van der Waals surface area contributed by atoms with Gasteiger partial charge in [-0.15, -0.1) is 6.42 Å². The zero-order valence-electron chi connectivity index (χ0n) is 7.83. The van der Waals surface area contributed by atoms with Crippen LogP contribution in [0, 0.1) is 19.3 Å². The zero-order chi connectivity index (χ0) is 10.6. The highest BCUT2D eigenvalue weighted by molar-refractivity contribution is 7.99. The molecule has 3 N–H and O–H groups in total. The van der Waals surface area contributed by atoms with Crippen LogP contribution in [-0.4, -0.2) is 15.7 Å². The van der Waals surface area contributed by atoms with E-state index in [0.717, 1.165) is 11.3 Å². The summed E-state index contributed by atoms with van der Waals surface area (Å²) in [6.07, 6.45) is 5.13. The number of hydrogen-bond acceptors (Lipinski definition) is 4. The van der Waals surface area contributed by atoms with Gasteiger partial charge in [-0.3, -0.25) is 0 Å². The molecule has 74 valence electrons. The Labute approximate surface area is 86.3 Å². The van der Waals surface area contributed by atoms with E-state index in [-0.39, 0.29) is 5.69 Å². The van der Waals surface area contributed by atoms with Crippen LogP contribution in [0.4, 0.5) is 0 Å². The lowest BCUT2D eigenvalue weighted by Gasteiger charge is -2.06. The van der Waals surface area contributed by atoms with Gasteiger partial charge in [0.1, 0.15) is 5.03 Å². The number of nitrogens with zero attached hydrogens (tertiary/aromatic N) is 1. The van der Waals surface area contributed by atoms with E-state index in [0.29, 0.717) is 17.3 Å². The number of aromatic amines is 1. The molecule has 0 saturated heterocycles. The van der Waals surface area contributed by atoms with Crippen molar-refractivity contribution in [2.45, 2.75) is 18.5 Å². The van der Waals surface area contributed by atoms with Gasteiger partial charge in [-0.2, -0.15) is 4.98 Å². The van der Waals surface area contributed by atoms with E-state index in [1.54, 1.807) is 6.92 Å². The van der Waals surface area contributed by atoms with Gasteiger partial charge < -0.3 is 10.7 Å². The molecule has 0 aliphatic carbocycles. The summed E-state index contributed by atoms with van der Waals surface area (Å²) in [5.74, 6) is 2.97. The van der Waals surface area contributed by atoms with Crippen molar-refractivity contribution in [3.05, 3.63) is 21.7 Å². The predicted octanol–water partition coefficient (Wildman–Crippen LogP) is 0.262. The van der Waals surface area contributed by atoms with Crippen LogP contribution in [0.2, 0.25) is 0 Å². The van der Waals surface area contributed by atoms with Crippen molar-refractivity contribution in [2.75, 3.05) is 5.75 Å². The minimum absolute atomic E-state index is 0.350. The summed E-state index contributed by atoms with van der Waals surface area (Å²) in [6, 6.07) is 0. The molecule has 1 heterocycles. The van der Waals surface area contributed by atoms with Gasteiger partial charge in [0.05, 0.1) is 5.75 Å². The highest BCUT2D eigenvalue weighted by Gasteiger charge is 2.07. The Kier molecular flexibility index (Phi) is 3.74. The molecule has 0 saturated carbocycles. The number of terminal acetylenes is 1. The largest absolute Gasteiger partial charge is 0.346 e. The van der Waals surface area contributed by atoms with E-state index in [4.69, 9.17) is 12.2 Å². The highest BCUT2D eigenvalue weighted by Crippen LogP contribution is 2.19. The van der Waals surface area contributed by atoms with Crippen molar-refractivity contribution >= 4 is 11.8 Å². The molecule has 14 heavy (non-hydrogen) atoms. The summed E-state index contributed by atoms with van der Waals surface area (Å²) in [4.78, 5) is 17.5. The summed E-state index contributed by atoms with van der Waals surface area (Å²) in [7, 11) is 0. The van der Waals surface area contributed by atoms with Crippen LogP contribution in [0.15, 0.2) is 9.82 Å². The molecule has 1 aromatic rings. The zero-order valence-corrected chi connectivity index (χ0v) is 8.65. The Morgan fingerprint density at radius 1 is 1.71 bits per heavy atom. The van der Waals surface area contributed by atoms with Gasteiger partial charge >= 0.3 is 5.69 Å². The summed E-state index contributed by atoms with van der Waals surface area (Å²) < 4.78 is 0. The first-order chi connectivity index (χ1) is 6.69. The average molecular weight is 209 g/mol. The number of rotatable bonds is 3. The fourth-order valence-electron chi connectivity index (χ4n) is 1.05. The Bertz CT molecular complexity index is 419. The maximum Gasteiger partial charge on any atom is 0.346 e. The first-order valence-corrected chi connectivity index (χ1v) is 5.03. The van der Waals surface area contributed by atoms with E-state index in [2.05, 4.69) is 15.9 Å². The molecule has 0 radical (unpaired) electrons. The maximum atomic E-state index is 11.1. The van der Waals surface area contributed by atoms with Crippen LogP contribution in [0.1, 0.15) is 11.3 Å². The maximum absolute atomic E-state index is 11.1. The van der Waals surface area contributed by atoms with Crippen LogP contribution in [-0.2, 0) is 6.54 Å². The molecule has 4 nitrogen and oxygen atoms in total. The lowest BCUT2D eigenvalue weighted by atomic mass is 10.2. The molecule has 0 atom stereocenters. The van der Waals surface area contributed by atoms with Crippen molar-refractivity contribution in [1.82, 2.24) is 9.97 Å². The first kappa shape index (κ1) is 10.8. The van der Waals surface area contributed by atoms with Crippen LogP contribution in [0.3, 0.4) is 0 Å². The molecule has 0 amide bonds. The molecule has 0 aliphatic heterocycles. The second-order valence-electron chi connectivity index (χ2n) is 2.65. The van der Waals surface area contributed by atoms with Gasteiger partial charge in [0.15, 0.2) is 0 Å². The second-order valence-corrected chi connectivity index (χ2v) is 3.61. The van der Waals surface area contributed by atoms with Crippen LogP contribution in [0.5, 0.6) is 0 Å². The SMILES string of the molecule is C#CCSc1nc(=O)[nH]c(C)c1CN. The van der Waals surface area contributed by atoms with Gasteiger partial charge in [0.25, 0.3) is 0 Å². The average Bonchev–Trinajstić information content (AvgIpc) is 2.14. The van der Waals surface area contributed by atoms with Gasteiger partial charge in [-0.1, -0.05) is 17.7 Å². The number of nitrogens with one attached hydrogen (secondary N) is 1. The smallest absolute Gasteiger partial charge is 0.326 e.